The van der Waals surface area contributed by atoms with Gasteiger partial charge in [0.1, 0.15) is 0 Å². The van der Waals surface area contributed by atoms with Crippen LogP contribution in [0.15, 0.2) is 48.2 Å². The number of fused-ring (bicyclic) bond motifs is 2. The van der Waals surface area contributed by atoms with E-state index in [1.54, 1.807) is 0 Å². The molecule has 4 rings (SSSR count). The molecule has 1 aromatic carbocycles. The van der Waals surface area contributed by atoms with Crippen molar-refractivity contribution in [2.24, 2.45) is 0 Å². The molecule has 0 radical (unpaired) electrons. The molecule has 2 nitrogen and oxygen atoms in total. The van der Waals surface area contributed by atoms with Crippen molar-refractivity contribution in [2.75, 3.05) is 13.1 Å². The van der Waals surface area contributed by atoms with Crippen LogP contribution in [-0.4, -0.2) is 18.1 Å². The summed E-state index contributed by atoms with van der Waals surface area (Å²) in [6.45, 7) is 4.32. The molecule has 0 saturated heterocycles. The summed E-state index contributed by atoms with van der Waals surface area (Å²) in [6.07, 6.45) is 7.40. The van der Waals surface area contributed by atoms with Gasteiger partial charge in [-0.2, -0.15) is 0 Å². The monoisotopic (exact) mass is 324 g/mol. The molecule has 1 N–H and O–H groups in total. The quantitative estimate of drug-likeness (QED) is 0.800. The van der Waals surface area contributed by atoms with Gasteiger partial charge in [-0.15, -0.1) is 0 Å². The fourth-order valence-corrected chi connectivity index (χ4v) is 4.34. The SMILES string of the molecule is CC1(C2=CCNCC2)c2ccc(Cl)cc2CCc2cccnc21. The van der Waals surface area contributed by atoms with Crippen molar-refractivity contribution >= 4 is 11.6 Å². The number of halogens is 1. The lowest BCUT2D eigenvalue weighted by atomic mass is 9.69. The molecule has 118 valence electrons. The number of nitrogens with one attached hydrogen (secondary N) is 1. The molecule has 1 atom stereocenters. The average molecular weight is 325 g/mol. The highest BCUT2D eigenvalue weighted by atomic mass is 35.5. The molecule has 0 saturated carbocycles. The molecule has 23 heavy (non-hydrogen) atoms. The summed E-state index contributed by atoms with van der Waals surface area (Å²) in [7, 11) is 0. The number of benzene rings is 1. The lowest BCUT2D eigenvalue weighted by Crippen LogP contribution is -2.34. The Morgan fingerprint density at radius 3 is 2.83 bits per heavy atom. The van der Waals surface area contributed by atoms with E-state index < -0.39 is 0 Å². The fraction of sp³-hybridized carbons (Fsp3) is 0.350. The Kier molecular flexibility index (Phi) is 3.74. The molecule has 0 fully saturated rings. The predicted molar refractivity (Wildman–Crippen MR) is 95.1 cm³/mol. The highest BCUT2D eigenvalue weighted by Crippen LogP contribution is 2.45. The second-order valence-electron chi connectivity index (χ2n) is 6.62. The first-order valence-electron chi connectivity index (χ1n) is 8.33. The zero-order valence-electron chi connectivity index (χ0n) is 13.4. The molecular weight excluding hydrogens is 304 g/mol. The molecule has 1 aromatic heterocycles. The molecule has 2 aromatic rings. The standard InChI is InChI=1S/C20H21ClN2/c1-20(16-8-11-22-12-9-16)18-7-6-17(21)13-15(18)5-4-14-3-2-10-23-19(14)20/h2-3,6-8,10,13,22H,4-5,9,11-12H2,1H3. The Balaban J connectivity index is 2.00. The topological polar surface area (TPSA) is 24.9 Å². The molecule has 1 unspecified atom stereocenters. The molecule has 0 amide bonds. The van der Waals surface area contributed by atoms with E-state index in [1.807, 2.05) is 12.3 Å². The molecule has 3 heteroatoms. The molecular formula is C20H21ClN2. The van der Waals surface area contributed by atoms with Gasteiger partial charge >= 0.3 is 0 Å². The maximum Gasteiger partial charge on any atom is 0.0579 e. The molecule has 1 aliphatic heterocycles. The molecule has 2 aliphatic rings. The number of nitrogens with zero attached hydrogens (tertiary/aromatic N) is 1. The van der Waals surface area contributed by atoms with Gasteiger partial charge in [-0.25, -0.2) is 0 Å². The summed E-state index contributed by atoms with van der Waals surface area (Å²) in [5, 5.41) is 4.25. The number of rotatable bonds is 1. The largest absolute Gasteiger partial charge is 0.313 e. The number of hydrogen-bond donors (Lipinski definition) is 1. The Morgan fingerprint density at radius 1 is 1.13 bits per heavy atom. The van der Waals surface area contributed by atoms with E-state index in [1.165, 1.54) is 28.0 Å². The van der Waals surface area contributed by atoms with Crippen molar-refractivity contribution < 1.29 is 0 Å². The minimum Gasteiger partial charge on any atom is -0.313 e. The van der Waals surface area contributed by atoms with Gasteiger partial charge in [0, 0.05) is 17.8 Å². The normalized spacial score (nSPS) is 23.5. The second-order valence-corrected chi connectivity index (χ2v) is 7.06. The third-order valence-electron chi connectivity index (χ3n) is 5.34. The number of aryl methyl sites for hydroxylation is 2. The van der Waals surface area contributed by atoms with E-state index in [2.05, 4.69) is 42.6 Å². The first kappa shape index (κ1) is 14.9. The molecule has 0 bridgehead atoms. The van der Waals surface area contributed by atoms with Crippen LogP contribution in [0.1, 0.15) is 35.7 Å². The molecule has 1 aliphatic carbocycles. The molecule has 0 spiro atoms. The summed E-state index contributed by atoms with van der Waals surface area (Å²) in [5.74, 6) is 0. The van der Waals surface area contributed by atoms with E-state index in [4.69, 9.17) is 16.6 Å². The smallest absolute Gasteiger partial charge is 0.0579 e. The third-order valence-corrected chi connectivity index (χ3v) is 5.58. The van der Waals surface area contributed by atoms with Gasteiger partial charge in [-0.3, -0.25) is 4.98 Å². The highest BCUT2D eigenvalue weighted by molar-refractivity contribution is 6.30. The number of hydrogen-bond acceptors (Lipinski definition) is 2. The van der Waals surface area contributed by atoms with Crippen LogP contribution in [0.2, 0.25) is 5.02 Å². The van der Waals surface area contributed by atoms with Crippen molar-refractivity contribution in [3.8, 4) is 0 Å². The van der Waals surface area contributed by atoms with Crippen molar-refractivity contribution in [3.05, 3.63) is 75.6 Å². The van der Waals surface area contributed by atoms with Gasteiger partial charge in [0.15, 0.2) is 0 Å². The second kappa shape index (κ2) is 5.77. The van der Waals surface area contributed by atoms with Gasteiger partial charge in [-0.1, -0.05) is 35.4 Å². The zero-order chi connectivity index (χ0) is 15.9. The Morgan fingerprint density at radius 2 is 2.00 bits per heavy atom. The first-order chi connectivity index (χ1) is 11.2. The van der Waals surface area contributed by atoms with E-state index in [9.17, 15) is 0 Å². The van der Waals surface area contributed by atoms with Crippen molar-refractivity contribution in [1.29, 1.82) is 0 Å². The van der Waals surface area contributed by atoms with Gasteiger partial charge in [0.25, 0.3) is 0 Å². The minimum absolute atomic E-state index is 0.158. The molecule has 2 heterocycles. The average Bonchev–Trinajstić information content (AvgIpc) is 2.72. The van der Waals surface area contributed by atoms with Gasteiger partial charge in [0.2, 0.25) is 0 Å². The summed E-state index contributed by atoms with van der Waals surface area (Å²) >= 11 is 6.28. The highest BCUT2D eigenvalue weighted by Gasteiger charge is 2.39. The maximum atomic E-state index is 6.28. The summed E-state index contributed by atoms with van der Waals surface area (Å²) in [6, 6.07) is 10.7. The van der Waals surface area contributed by atoms with E-state index in [0.29, 0.717) is 0 Å². The lowest BCUT2D eigenvalue weighted by molar-refractivity contribution is 0.570. The number of pyridine rings is 1. The van der Waals surface area contributed by atoms with E-state index in [-0.39, 0.29) is 5.41 Å². The van der Waals surface area contributed by atoms with E-state index >= 15 is 0 Å². The predicted octanol–water partition coefficient (Wildman–Crippen LogP) is 4.06. The van der Waals surface area contributed by atoms with Gasteiger partial charge < -0.3 is 5.32 Å². The van der Waals surface area contributed by atoms with Gasteiger partial charge in [0.05, 0.1) is 11.1 Å². The first-order valence-corrected chi connectivity index (χ1v) is 8.71. The van der Waals surface area contributed by atoms with Crippen LogP contribution in [0.5, 0.6) is 0 Å². The minimum atomic E-state index is -0.158. The van der Waals surface area contributed by atoms with Crippen LogP contribution < -0.4 is 5.32 Å². The van der Waals surface area contributed by atoms with Crippen molar-refractivity contribution in [2.45, 2.75) is 31.6 Å². The van der Waals surface area contributed by atoms with Crippen molar-refractivity contribution in [1.82, 2.24) is 10.3 Å². The Hall–Kier alpha value is -1.64. The van der Waals surface area contributed by atoms with Crippen LogP contribution in [0, 0.1) is 0 Å². The maximum absolute atomic E-state index is 6.28. The summed E-state index contributed by atoms with van der Waals surface area (Å²) in [4.78, 5) is 4.83. The third kappa shape index (κ3) is 2.41. The summed E-state index contributed by atoms with van der Waals surface area (Å²) in [5.41, 5.74) is 6.62. The van der Waals surface area contributed by atoms with E-state index in [0.717, 1.165) is 37.4 Å². The fourth-order valence-electron chi connectivity index (χ4n) is 4.15. The van der Waals surface area contributed by atoms with Crippen LogP contribution in [-0.2, 0) is 18.3 Å². The zero-order valence-corrected chi connectivity index (χ0v) is 14.2. The van der Waals surface area contributed by atoms with Crippen LogP contribution in [0.3, 0.4) is 0 Å². The summed E-state index contributed by atoms with van der Waals surface area (Å²) < 4.78 is 0. The van der Waals surface area contributed by atoms with Crippen LogP contribution in [0.4, 0.5) is 0 Å². The number of aromatic nitrogens is 1. The Labute approximate surface area is 142 Å². The Bertz CT molecular complexity index is 781. The van der Waals surface area contributed by atoms with Crippen LogP contribution >= 0.6 is 11.6 Å². The lowest BCUT2D eigenvalue weighted by Gasteiger charge is -2.36. The van der Waals surface area contributed by atoms with Crippen molar-refractivity contribution in [3.63, 3.8) is 0 Å². The van der Waals surface area contributed by atoms with Gasteiger partial charge in [-0.05, 0) is 67.6 Å². The van der Waals surface area contributed by atoms with Crippen LogP contribution in [0.25, 0.3) is 0 Å².